The molecule has 0 radical (unpaired) electrons. The maximum atomic E-state index is 11.8. The molecule has 108 valence electrons. The molecule has 0 spiro atoms. The van der Waals surface area contributed by atoms with Gasteiger partial charge in [-0.25, -0.2) is 0 Å². The van der Waals surface area contributed by atoms with Crippen LogP contribution in [0, 0.1) is 0 Å². The summed E-state index contributed by atoms with van der Waals surface area (Å²) in [5, 5.41) is 3.09. The molecule has 1 aliphatic rings. The van der Waals surface area contributed by atoms with Gasteiger partial charge in [0, 0.05) is 12.3 Å². The van der Waals surface area contributed by atoms with E-state index in [1.54, 1.807) is 0 Å². The normalized spacial score (nSPS) is 21.1. The van der Waals surface area contributed by atoms with Gasteiger partial charge in [0.25, 0.3) is 0 Å². The van der Waals surface area contributed by atoms with Crippen LogP contribution in [0.25, 0.3) is 0 Å². The van der Waals surface area contributed by atoms with E-state index in [4.69, 9.17) is 4.74 Å². The summed E-state index contributed by atoms with van der Waals surface area (Å²) in [5.41, 5.74) is 2.33. The molecule has 1 heterocycles. The fraction of sp³-hybridized carbons (Fsp3) is 0.278. The molecule has 21 heavy (non-hydrogen) atoms. The van der Waals surface area contributed by atoms with Gasteiger partial charge >= 0.3 is 0 Å². The van der Waals surface area contributed by atoms with Gasteiger partial charge in [-0.1, -0.05) is 42.5 Å². The Hall–Kier alpha value is -2.29. The summed E-state index contributed by atoms with van der Waals surface area (Å²) in [6.45, 7) is 2.63. The smallest absolute Gasteiger partial charge is 0.221 e. The maximum Gasteiger partial charge on any atom is 0.221 e. The molecule has 2 aromatic rings. The molecule has 0 saturated carbocycles. The Labute approximate surface area is 124 Å². The lowest BCUT2D eigenvalue weighted by molar-refractivity contribution is -0.119. The highest BCUT2D eigenvalue weighted by Gasteiger charge is 2.34. The van der Waals surface area contributed by atoms with Gasteiger partial charge in [0.1, 0.15) is 5.75 Å². The second kappa shape index (κ2) is 6.00. The number of nitrogens with one attached hydrogen (secondary N) is 1. The first-order valence-corrected chi connectivity index (χ1v) is 7.35. The quantitative estimate of drug-likeness (QED) is 0.932. The number of amides is 1. The predicted octanol–water partition coefficient (Wildman–Crippen LogP) is 3.43. The van der Waals surface area contributed by atoms with E-state index in [-0.39, 0.29) is 17.9 Å². The summed E-state index contributed by atoms with van der Waals surface area (Å²) in [7, 11) is 0. The number of benzene rings is 2. The van der Waals surface area contributed by atoms with Crippen molar-refractivity contribution in [1.29, 1.82) is 0 Å². The van der Waals surface area contributed by atoms with Crippen LogP contribution in [0.3, 0.4) is 0 Å². The minimum atomic E-state index is 0.0524. The fourth-order valence-electron chi connectivity index (χ4n) is 2.91. The van der Waals surface area contributed by atoms with E-state index in [0.29, 0.717) is 13.0 Å². The van der Waals surface area contributed by atoms with Crippen molar-refractivity contribution in [3.8, 4) is 5.75 Å². The van der Waals surface area contributed by atoms with Gasteiger partial charge in [-0.2, -0.15) is 0 Å². The topological polar surface area (TPSA) is 38.3 Å². The molecule has 1 N–H and O–H groups in total. The van der Waals surface area contributed by atoms with Crippen molar-refractivity contribution in [1.82, 2.24) is 5.32 Å². The molecule has 2 atom stereocenters. The number of carbonyl (C=O) groups excluding carboxylic acids is 1. The number of rotatable bonds is 4. The van der Waals surface area contributed by atoms with Crippen molar-refractivity contribution in [2.75, 3.05) is 6.61 Å². The van der Waals surface area contributed by atoms with Crippen LogP contribution in [0.4, 0.5) is 0 Å². The molecule has 1 aliphatic heterocycles. The lowest BCUT2D eigenvalue weighted by Gasteiger charge is -2.20. The molecule has 3 heteroatoms. The SMILES string of the molecule is CCOc1ccc(C2CC(=O)NC2c2ccccc2)cc1. The Morgan fingerprint density at radius 2 is 1.76 bits per heavy atom. The standard InChI is InChI=1S/C18H19NO2/c1-2-21-15-10-8-13(9-11-15)16-12-17(20)19-18(16)14-6-4-3-5-7-14/h3-11,16,18H,2,12H2,1H3,(H,19,20). The minimum Gasteiger partial charge on any atom is -0.494 e. The second-order valence-electron chi connectivity index (χ2n) is 5.27. The van der Waals surface area contributed by atoms with Crippen LogP contribution >= 0.6 is 0 Å². The number of carbonyl (C=O) groups is 1. The first-order chi connectivity index (χ1) is 10.3. The Morgan fingerprint density at radius 3 is 2.43 bits per heavy atom. The Kier molecular flexibility index (Phi) is 3.91. The molecule has 1 saturated heterocycles. The average molecular weight is 281 g/mol. The van der Waals surface area contributed by atoms with Gasteiger partial charge in [-0.3, -0.25) is 4.79 Å². The molecule has 0 aromatic heterocycles. The summed E-state index contributed by atoms with van der Waals surface area (Å²) in [6, 6.07) is 18.3. The fourth-order valence-corrected chi connectivity index (χ4v) is 2.91. The highest BCUT2D eigenvalue weighted by Crippen LogP contribution is 2.38. The van der Waals surface area contributed by atoms with Crippen LogP contribution in [0.2, 0.25) is 0 Å². The zero-order chi connectivity index (χ0) is 14.7. The van der Waals surface area contributed by atoms with Crippen LogP contribution in [-0.2, 0) is 4.79 Å². The maximum absolute atomic E-state index is 11.8. The number of hydrogen-bond acceptors (Lipinski definition) is 2. The number of ether oxygens (including phenoxy) is 1. The van der Waals surface area contributed by atoms with E-state index in [2.05, 4.69) is 29.6 Å². The molecule has 1 fully saturated rings. The largest absolute Gasteiger partial charge is 0.494 e. The Balaban J connectivity index is 1.86. The predicted molar refractivity (Wildman–Crippen MR) is 82.3 cm³/mol. The molecule has 1 amide bonds. The van der Waals surface area contributed by atoms with Crippen molar-refractivity contribution in [3.63, 3.8) is 0 Å². The third-order valence-corrected chi connectivity index (χ3v) is 3.90. The molecular weight excluding hydrogens is 262 g/mol. The van der Waals surface area contributed by atoms with Crippen LogP contribution < -0.4 is 10.1 Å². The van der Waals surface area contributed by atoms with Crippen LogP contribution in [0.15, 0.2) is 54.6 Å². The van der Waals surface area contributed by atoms with Crippen LogP contribution in [0.1, 0.15) is 36.4 Å². The molecule has 0 bridgehead atoms. The van der Waals surface area contributed by atoms with Gasteiger partial charge in [-0.15, -0.1) is 0 Å². The molecule has 3 nitrogen and oxygen atoms in total. The van der Waals surface area contributed by atoms with Crippen molar-refractivity contribution in [3.05, 3.63) is 65.7 Å². The summed E-state index contributed by atoms with van der Waals surface area (Å²) in [5.74, 6) is 1.16. The van der Waals surface area contributed by atoms with Gasteiger partial charge in [0.05, 0.1) is 12.6 Å². The third-order valence-electron chi connectivity index (χ3n) is 3.90. The number of hydrogen-bond donors (Lipinski definition) is 1. The van der Waals surface area contributed by atoms with E-state index in [9.17, 15) is 4.79 Å². The first kappa shape index (κ1) is 13.7. The lowest BCUT2D eigenvalue weighted by Crippen LogP contribution is -2.20. The highest BCUT2D eigenvalue weighted by molar-refractivity contribution is 5.80. The summed E-state index contributed by atoms with van der Waals surface area (Å²) < 4.78 is 5.47. The highest BCUT2D eigenvalue weighted by atomic mass is 16.5. The van der Waals surface area contributed by atoms with Crippen molar-refractivity contribution < 1.29 is 9.53 Å². The zero-order valence-corrected chi connectivity index (χ0v) is 12.1. The third kappa shape index (κ3) is 2.92. The molecule has 3 rings (SSSR count). The molecule has 2 aromatic carbocycles. The first-order valence-electron chi connectivity index (χ1n) is 7.35. The van der Waals surface area contributed by atoms with Crippen molar-refractivity contribution in [2.24, 2.45) is 0 Å². The van der Waals surface area contributed by atoms with Gasteiger partial charge in [0.2, 0.25) is 5.91 Å². The van der Waals surface area contributed by atoms with E-state index < -0.39 is 0 Å². The zero-order valence-electron chi connectivity index (χ0n) is 12.1. The average Bonchev–Trinajstić information content (AvgIpc) is 2.91. The lowest BCUT2D eigenvalue weighted by atomic mass is 9.88. The van der Waals surface area contributed by atoms with Crippen LogP contribution in [0.5, 0.6) is 5.75 Å². The van der Waals surface area contributed by atoms with E-state index >= 15 is 0 Å². The Morgan fingerprint density at radius 1 is 1.05 bits per heavy atom. The monoisotopic (exact) mass is 281 g/mol. The van der Waals surface area contributed by atoms with Gasteiger partial charge in [0.15, 0.2) is 0 Å². The van der Waals surface area contributed by atoms with E-state index in [0.717, 1.165) is 11.3 Å². The Bertz CT molecular complexity index is 607. The van der Waals surface area contributed by atoms with Crippen molar-refractivity contribution in [2.45, 2.75) is 25.3 Å². The van der Waals surface area contributed by atoms with Gasteiger partial charge < -0.3 is 10.1 Å². The van der Waals surface area contributed by atoms with E-state index in [1.807, 2.05) is 37.3 Å². The van der Waals surface area contributed by atoms with Crippen molar-refractivity contribution >= 4 is 5.91 Å². The minimum absolute atomic E-state index is 0.0524. The van der Waals surface area contributed by atoms with E-state index in [1.165, 1.54) is 5.56 Å². The molecule has 2 unspecified atom stereocenters. The summed E-state index contributed by atoms with van der Waals surface area (Å²) in [6.07, 6.45) is 0.535. The van der Waals surface area contributed by atoms with Gasteiger partial charge in [-0.05, 0) is 30.2 Å². The summed E-state index contributed by atoms with van der Waals surface area (Å²) >= 11 is 0. The molecular formula is C18H19NO2. The molecule has 0 aliphatic carbocycles. The second-order valence-corrected chi connectivity index (χ2v) is 5.27. The van der Waals surface area contributed by atoms with Crippen LogP contribution in [-0.4, -0.2) is 12.5 Å². The summed E-state index contributed by atoms with van der Waals surface area (Å²) in [4.78, 5) is 11.8.